The molecular formula is C25H29ClN2O2. The van der Waals surface area contributed by atoms with Crippen molar-refractivity contribution in [3.63, 3.8) is 0 Å². The molecule has 1 unspecified atom stereocenters. The van der Waals surface area contributed by atoms with Gasteiger partial charge in [0.2, 0.25) is 0 Å². The second-order valence-electron chi connectivity index (χ2n) is 8.11. The number of hydrogen-bond acceptors (Lipinski definition) is 3. The number of furan rings is 1. The molecule has 30 heavy (non-hydrogen) atoms. The van der Waals surface area contributed by atoms with Crippen LogP contribution in [0.15, 0.2) is 46.9 Å². The van der Waals surface area contributed by atoms with Crippen molar-refractivity contribution in [2.75, 3.05) is 19.6 Å². The van der Waals surface area contributed by atoms with Gasteiger partial charge in [-0.25, -0.2) is 0 Å². The molecule has 0 saturated carbocycles. The lowest BCUT2D eigenvalue weighted by Crippen LogP contribution is -2.40. The largest absolute Gasteiger partial charge is 0.451 e. The lowest BCUT2D eigenvalue weighted by atomic mass is 10.0. The van der Waals surface area contributed by atoms with E-state index in [2.05, 4.69) is 41.4 Å². The number of hydrogen-bond donors (Lipinski definition) is 1. The fraction of sp³-hybridized carbons (Fsp3) is 0.400. The third-order valence-corrected chi connectivity index (χ3v) is 6.41. The van der Waals surface area contributed by atoms with Crippen LogP contribution in [0.1, 0.15) is 59.5 Å². The smallest absolute Gasteiger partial charge is 0.287 e. The second-order valence-corrected chi connectivity index (χ2v) is 8.55. The number of likely N-dealkylation sites (tertiary alicyclic amines) is 1. The Hall–Kier alpha value is -2.30. The number of amides is 1. The standard InChI is InChI=1S/C25H29ClN2O2/c1-3-18-7-12-23-21(15-18)17(2)24(30-23)25(29)27-16-22(28-13-5-4-6-14-28)19-8-10-20(26)11-9-19/h7-12,15,22H,3-6,13-14,16H2,1-2H3,(H,27,29). The predicted molar refractivity (Wildman–Crippen MR) is 122 cm³/mol. The summed E-state index contributed by atoms with van der Waals surface area (Å²) in [5.41, 5.74) is 4.08. The van der Waals surface area contributed by atoms with E-state index in [1.54, 1.807) is 0 Å². The molecule has 4 nitrogen and oxygen atoms in total. The molecular weight excluding hydrogens is 396 g/mol. The summed E-state index contributed by atoms with van der Waals surface area (Å²) >= 11 is 6.09. The van der Waals surface area contributed by atoms with Crippen LogP contribution in [0.4, 0.5) is 0 Å². The molecule has 1 fully saturated rings. The SMILES string of the molecule is CCc1ccc2oc(C(=O)NCC(c3ccc(Cl)cc3)N3CCCCC3)c(C)c2c1. The van der Waals surface area contributed by atoms with Crippen LogP contribution in [0.25, 0.3) is 11.0 Å². The molecule has 1 saturated heterocycles. The number of carbonyl (C=O) groups excluding carboxylic acids is 1. The molecule has 1 aromatic heterocycles. The summed E-state index contributed by atoms with van der Waals surface area (Å²) < 4.78 is 5.92. The van der Waals surface area contributed by atoms with Crippen molar-refractivity contribution in [1.82, 2.24) is 10.2 Å². The van der Waals surface area contributed by atoms with Gasteiger partial charge in [0.1, 0.15) is 5.58 Å². The third kappa shape index (κ3) is 4.40. The Bertz CT molecular complexity index is 1020. The zero-order chi connectivity index (χ0) is 21.1. The monoisotopic (exact) mass is 424 g/mol. The zero-order valence-corrected chi connectivity index (χ0v) is 18.5. The van der Waals surface area contributed by atoms with E-state index >= 15 is 0 Å². The Morgan fingerprint density at radius 1 is 1.13 bits per heavy atom. The molecule has 4 rings (SSSR count). The van der Waals surface area contributed by atoms with Crippen molar-refractivity contribution >= 4 is 28.5 Å². The summed E-state index contributed by atoms with van der Waals surface area (Å²) in [4.78, 5) is 15.5. The molecule has 1 atom stereocenters. The van der Waals surface area contributed by atoms with E-state index < -0.39 is 0 Å². The first-order valence-corrected chi connectivity index (χ1v) is 11.2. The van der Waals surface area contributed by atoms with Gasteiger partial charge < -0.3 is 9.73 Å². The van der Waals surface area contributed by atoms with Gasteiger partial charge in [0.25, 0.3) is 5.91 Å². The highest BCUT2D eigenvalue weighted by Crippen LogP contribution is 2.28. The molecule has 2 heterocycles. The molecule has 158 valence electrons. The van der Waals surface area contributed by atoms with Gasteiger partial charge in [-0.2, -0.15) is 0 Å². The molecule has 3 aromatic rings. The van der Waals surface area contributed by atoms with E-state index in [0.717, 1.165) is 41.1 Å². The maximum absolute atomic E-state index is 13.0. The lowest BCUT2D eigenvalue weighted by molar-refractivity contribution is 0.0898. The lowest BCUT2D eigenvalue weighted by Gasteiger charge is -2.35. The van der Waals surface area contributed by atoms with Crippen LogP contribution in [0.2, 0.25) is 5.02 Å². The molecule has 5 heteroatoms. The normalized spacial score (nSPS) is 16.0. The van der Waals surface area contributed by atoms with Gasteiger partial charge in [-0.3, -0.25) is 9.69 Å². The number of fused-ring (bicyclic) bond motifs is 1. The minimum atomic E-state index is -0.155. The van der Waals surface area contributed by atoms with Gasteiger partial charge in [0, 0.05) is 22.5 Å². The number of aryl methyl sites for hydroxylation is 2. The van der Waals surface area contributed by atoms with Crippen molar-refractivity contribution in [3.8, 4) is 0 Å². The summed E-state index contributed by atoms with van der Waals surface area (Å²) in [6, 6.07) is 14.2. The first-order valence-electron chi connectivity index (χ1n) is 10.9. The molecule has 1 N–H and O–H groups in total. The summed E-state index contributed by atoms with van der Waals surface area (Å²) in [7, 11) is 0. The highest BCUT2D eigenvalue weighted by atomic mass is 35.5. The Kier molecular flexibility index (Phi) is 6.45. The average Bonchev–Trinajstić information content (AvgIpc) is 3.11. The summed E-state index contributed by atoms with van der Waals surface area (Å²) in [6.45, 7) is 6.72. The van der Waals surface area contributed by atoms with E-state index in [1.165, 1.54) is 30.4 Å². The minimum absolute atomic E-state index is 0.128. The Labute approximate surface area is 183 Å². The van der Waals surface area contributed by atoms with Crippen LogP contribution in [-0.4, -0.2) is 30.4 Å². The Morgan fingerprint density at radius 3 is 2.57 bits per heavy atom. The number of piperidine rings is 1. The quantitative estimate of drug-likeness (QED) is 0.534. The molecule has 2 aromatic carbocycles. The second kappa shape index (κ2) is 9.23. The van der Waals surface area contributed by atoms with Crippen LogP contribution >= 0.6 is 11.6 Å². The van der Waals surface area contributed by atoms with E-state index in [0.29, 0.717) is 12.3 Å². The number of nitrogens with one attached hydrogen (secondary N) is 1. The van der Waals surface area contributed by atoms with Gasteiger partial charge >= 0.3 is 0 Å². The summed E-state index contributed by atoms with van der Waals surface area (Å²) in [5.74, 6) is 0.254. The topological polar surface area (TPSA) is 45.5 Å². The van der Waals surface area contributed by atoms with Gasteiger partial charge in [-0.15, -0.1) is 0 Å². The summed E-state index contributed by atoms with van der Waals surface area (Å²) in [6.07, 6.45) is 4.62. The maximum Gasteiger partial charge on any atom is 0.287 e. The maximum atomic E-state index is 13.0. The van der Waals surface area contributed by atoms with Crippen LogP contribution in [-0.2, 0) is 6.42 Å². The van der Waals surface area contributed by atoms with E-state index in [1.807, 2.05) is 25.1 Å². The fourth-order valence-corrected chi connectivity index (χ4v) is 4.47. The fourth-order valence-electron chi connectivity index (χ4n) is 4.35. The van der Waals surface area contributed by atoms with Gasteiger partial charge in [0.05, 0.1) is 6.04 Å². The first kappa shape index (κ1) is 21.0. The van der Waals surface area contributed by atoms with Crippen LogP contribution in [0.3, 0.4) is 0 Å². The van der Waals surface area contributed by atoms with Crippen molar-refractivity contribution in [1.29, 1.82) is 0 Å². The molecule has 0 spiro atoms. The van der Waals surface area contributed by atoms with E-state index in [4.69, 9.17) is 16.0 Å². The van der Waals surface area contributed by atoms with Crippen LogP contribution in [0, 0.1) is 6.92 Å². The predicted octanol–water partition coefficient (Wildman–Crippen LogP) is 5.91. The molecule has 0 bridgehead atoms. The van der Waals surface area contributed by atoms with E-state index in [-0.39, 0.29) is 11.9 Å². The molecule has 1 aliphatic heterocycles. The number of benzene rings is 2. The number of rotatable bonds is 6. The van der Waals surface area contributed by atoms with Crippen molar-refractivity contribution < 1.29 is 9.21 Å². The molecule has 1 amide bonds. The molecule has 1 aliphatic rings. The highest BCUT2D eigenvalue weighted by Gasteiger charge is 2.24. The van der Waals surface area contributed by atoms with Crippen LogP contribution in [0.5, 0.6) is 0 Å². The van der Waals surface area contributed by atoms with Gasteiger partial charge in [0.15, 0.2) is 5.76 Å². The van der Waals surface area contributed by atoms with Gasteiger partial charge in [-0.05, 0) is 74.7 Å². The number of nitrogens with zero attached hydrogens (tertiary/aromatic N) is 1. The minimum Gasteiger partial charge on any atom is -0.451 e. The number of halogens is 1. The Morgan fingerprint density at radius 2 is 1.87 bits per heavy atom. The summed E-state index contributed by atoms with van der Waals surface area (Å²) in [5, 5.41) is 4.88. The van der Waals surface area contributed by atoms with Crippen molar-refractivity contribution in [3.05, 3.63) is 69.9 Å². The van der Waals surface area contributed by atoms with Crippen LogP contribution < -0.4 is 5.32 Å². The third-order valence-electron chi connectivity index (χ3n) is 6.16. The van der Waals surface area contributed by atoms with E-state index in [9.17, 15) is 4.79 Å². The van der Waals surface area contributed by atoms with Crippen molar-refractivity contribution in [2.45, 2.75) is 45.6 Å². The molecule has 0 aliphatic carbocycles. The molecule has 0 radical (unpaired) electrons. The van der Waals surface area contributed by atoms with Gasteiger partial charge in [-0.1, -0.05) is 43.1 Å². The Balaban J connectivity index is 1.54. The zero-order valence-electron chi connectivity index (χ0n) is 17.7. The van der Waals surface area contributed by atoms with Crippen molar-refractivity contribution in [2.24, 2.45) is 0 Å². The number of carbonyl (C=O) groups is 1. The first-order chi connectivity index (χ1) is 14.6. The average molecular weight is 425 g/mol. The highest BCUT2D eigenvalue weighted by molar-refractivity contribution is 6.30.